The molecule has 1 amide bonds. The lowest BCUT2D eigenvalue weighted by Gasteiger charge is -2.21. The van der Waals surface area contributed by atoms with E-state index in [1.165, 1.54) is 32.1 Å². The molecule has 0 heterocycles. The number of anilines is 1. The van der Waals surface area contributed by atoms with Crippen LogP contribution in [0.15, 0.2) is 24.3 Å². The zero-order valence-electron chi connectivity index (χ0n) is 10.3. The number of carbonyl (C=O) groups excluding carboxylic acids is 1. The Morgan fingerprint density at radius 1 is 1.33 bits per heavy atom. The average molecular weight is 268 g/mol. The van der Waals surface area contributed by atoms with Gasteiger partial charge in [-0.05, 0) is 37.0 Å². The van der Waals surface area contributed by atoms with Crippen molar-refractivity contribution in [3.8, 4) is 0 Å². The van der Waals surface area contributed by atoms with E-state index in [1.807, 2.05) is 0 Å². The van der Waals surface area contributed by atoms with Gasteiger partial charge >= 0.3 is 6.09 Å². The zero-order valence-corrected chi connectivity index (χ0v) is 11.1. The first-order chi connectivity index (χ1) is 8.74. The topological polar surface area (TPSA) is 38.3 Å². The van der Waals surface area contributed by atoms with Crippen molar-refractivity contribution in [3.05, 3.63) is 29.3 Å². The van der Waals surface area contributed by atoms with Crippen molar-refractivity contribution in [3.63, 3.8) is 0 Å². The molecule has 1 aromatic carbocycles. The van der Waals surface area contributed by atoms with E-state index in [-0.39, 0.29) is 0 Å². The number of hydrogen-bond acceptors (Lipinski definition) is 2. The van der Waals surface area contributed by atoms with E-state index >= 15 is 0 Å². The maximum atomic E-state index is 11.6. The van der Waals surface area contributed by atoms with Crippen LogP contribution in [0.4, 0.5) is 10.5 Å². The van der Waals surface area contributed by atoms with Gasteiger partial charge in [0.25, 0.3) is 0 Å². The molecule has 0 aromatic heterocycles. The summed E-state index contributed by atoms with van der Waals surface area (Å²) in [5.74, 6) is 0.531. The van der Waals surface area contributed by atoms with Gasteiger partial charge in [0.1, 0.15) is 0 Å². The Kier molecular flexibility index (Phi) is 4.88. The Balaban J connectivity index is 1.74. The van der Waals surface area contributed by atoms with Gasteiger partial charge < -0.3 is 4.74 Å². The van der Waals surface area contributed by atoms with E-state index in [0.29, 0.717) is 23.2 Å². The van der Waals surface area contributed by atoms with Gasteiger partial charge in [-0.3, -0.25) is 5.32 Å². The van der Waals surface area contributed by atoms with Crippen LogP contribution in [0, 0.1) is 5.92 Å². The van der Waals surface area contributed by atoms with Gasteiger partial charge in [-0.25, -0.2) is 4.79 Å². The smallest absolute Gasteiger partial charge is 0.411 e. The maximum absolute atomic E-state index is 11.6. The zero-order chi connectivity index (χ0) is 12.8. The minimum Gasteiger partial charge on any atom is -0.449 e. The lowest BCUT2D eigenvalue weighted by molar-refractivity contribution is 0.128. The first-order valence-corrected chi connectivity index (χ1v) is 6.81. The third kappa shape index (κ3) is 4.22. The standard InChI is InChI=1S/C14H18ClNO2/c15-12-7-4-8-13(9-12)16-14(17)18-10-11-5-2-1-3-6-11/h4,7-9,11H,1-3,5-6,10H2,(H,16,17). The highest BCUT2D eigenvalue weighted by atomic mass is 35.5. The van der Waals surface area contributed by atoms with Crippen LogP contribution in [0.25, 0.3) is 0 Å². The molecule has 98 valence electrons. The van der Waals surface area contributed by atoms with E-state index in [1.54, 1.807) is 24.3 Å². The Bertz CT molecular complexity index is 403. The summed E-state index contributed by atoms with van der Waals surface area (Å²) in [6.45, 7) is 0.520. The normalized spacial score (nSPS) is 16.3. The molecule has 1 fully saturated rings. The molecule has 0 saturated heterocycles. The second-order valence-electron chi connectivity index (χ2n) is 4.74. The van der Waals surface area contributed by atoms with Gasteiger partial charge in [-0.1, -0.05) is 36.9 Å². The van der Waals surface area contributed by atoms with Gasteiger partial charge in [-0.2, -0.15) is 0 Å². The summed E-state index contributed by atoms with van der Waals surface area (Å²) in [5, 5.41) is 3.27. The molecule has 0 spiro atoms. The molecule has 0 bridgehead atoms. The Morgan fingerprint density at radius 3 is 2.83 bits per heavy atom. The van der Waals surface area contributed by atoms with Crippen molar-refractivity contribution in [1.82, 2.24) is 0 Å². The number of halogens is 1. The largest absolute Gasteiger partial charge is 0.449 e. The number of rotatable bonds is 3. The summed E-state index contributed by atoms with van der Waals surface area (Å²) >= 11 is 5.83. The van der Waals surface area contributed by atoms with E-state index in [9.17, 15) is 4.79 Å². The highest BCUT2D eigenvalue weighted by Gasteiger charge is 2.15. The molecule has 3 nitrogen and oxygen atoms in total. The van der Waals surface area contributed by atoms with Crippen LogP contribution in [0.1, 0.15) is 32.1 Å². The first kappa shape index (κ1) is 13.2. The lowest BCUT2D eigenvalue weighted by atomic mass is 9.90. The van der Waals surface area contributed by atoms with E-state index in [4.69, 9.17) is 16.3 Å². The molecular weight excluding hydrogens is 250 g/mol. The predicted molar refractivity (Wildman–Crippen MR) is 73.0 cm³/mol. The molecule has 0 unspecified atom stereocenters. The molecule has 0 radical (unpaired) electrons. The highest BCUT2D eigenvalue weighted by molar-refractivity contribution is 6.30. The number of carbonyl (C=O) groups is 1. The van der Waals surface area contributed by atoms with Crippen molar-refractivity contribution in [2.45, 2.75) is 32.1 Å². The van der Waals surface area contributed by atoms with Gasteiger partial charge in [0.05, 0.1) is 6.61 Å². The molecule has 2 rings (SSSR count). The van der Waals surface area contributed by atoms with Gasteiger partial charge in [-0.15, -0.1) is 0 Å². The molecular formula is C14H18ClNO2. The van der Waals surface area contributed by atoms with Crippen LogP contribution in [-0.2, 0) is 4.74 Å². The Labute approximate surface area is 112 Å². The van der Waals surface area contributed by atoms with Gasteiger partial charge in [0, 0.05) is 10.7 Å². The third-order valence-corrected chi connectivity index (χ3v) is 3.48. The molecule has 1 aromatic rings. The first-order valence-electron chi connectivity index (χ1n) is 6.43. The summed E-state index contributed by atoms with van der Waals surface area (Å²) in [6, 6.07) is 7.04. The molecule has 0 atom stereocenters. The molecule has 18 heavy (non-hydrogen) atoms. The second-order valence-corrected chi connectivity index (χ2v) is 5.17. The van der Waals surface area contributed by atoms with Crippen molar-refractivity contribution in [2.24, 2.45) is 5.92 Å². The second kappa shape index (κ2) is 6.64. The van der Waals surface area contributed by atoms with E-state index in [2.05, 4.69) is 5.32 Å². The minimum absolute atomic E-state index is 0.400. The molecule has 1 N–H and O–H groups in total. The number of nitrogens with one attached hydrogen (secondary N) is 1. The average Bonchev–Trinajstić information content (AvgIpc) is 2.38. The monoisotopic (exact) mass is 267 g/mol. The van der Waals surface area contributed by atoms with Crippen LogP contribution < -0.4 is 5.32 Å². The molecule has 1 aliphatic carbocycles. The molecule has 0 aliphatic heterocycles. The van der Waals surface area contributed by atoms with Crippen LogP contribution in [0.2, 0.25) is 5.02 Å². The summed E-state index contributed by atoms with van der Waals surface area (Å²) in [6.07, 6.45) is 5.76. The molecule has 1 aliphatic rings. The van der Waals surface area contributed by atoms with Crippen LogP contribution >= 0.6 is 11.6 Å². The predicted octanol–water partition coefficient (Wildman–Crippen LogP) is 4.47. The van der Waals surface area contributed by atoms with Crippen LogP contribution in [-0.4, -0.2) is 12.7 Å². The van der Waals surface area contributed by atoms with Crippen molar-refractivity contribution < 1.29 is 9.53 Å². The fourth-order valence-corrected chi connectivity index (χ4v) is 2.46. The maximum Gasteiger partial charge on any atom is 0.411 e. The van der Waals surface area contributed by atoms with Gasteiger partial charge in [0.15, 0.2) is 0 Å². The summed E-state index contributed by atoms with van der Waals surface area (Å²) in [7, 11) is 0. The fourth-order valence-electron chi connectivity index (χ4n) is 2.27. The SMILES string of the molecule is O=C(Nc1cccc(Cl)c1)OCC1CCCCC1. The summed E-state index contributed by atoms with van der Waals surface area (Å²) in [5.41, 5.74) is 0.663. The number of hydrogen-bond donors (Lipinski definition) is 1. The minimum atomic E-state index is -0.400. The van der Waals surface area contributed by atoms with Crippen molar-refractivity contribution in [1.29, 1.82) is 0 Å². The summed E-state index contributed by atoms with van der Waals surface area (Å²) in [4.78, 5) is 11.6. The highest BCUT2D eigenvalue weighted by Crippen LogP contribution is 2.23. The number of ether oxygens (including phenoxy) is 1. The van der Waals surface area contributed by atoms with Crippen molar-refractivity contribution in [2.75, 3.05) is 11.9 Å². The number of amides is 1. The van der Waals surface area contributed by atoms with Crippen molar-refractivity contribution >= 4 is 23.4 Å². The Morgan fingerprint density at radius 2 is 2.11 bits per heavy atom. The fraction of sp³-hybridized carbons (Fsp3) is 0.500. The molecule has 4 heteroatoms. The van der Waals surface area contributed by atoms with E-state index < -0.39 is 6.09 Å². The van der Waals surface area contributed by atoms with Gasteiger partial charge in [0.2, 0.25) is 0 Å². The van der Waals surface area contributed by atoms with E-state index in [0.717, 1.165) is 0 Å². The quantitative estimate of drug-likeness (QED) is 0.877. The number of benzene rings is 1. The third-order valence-electron chi connectivity index (χ3n) is 3.25. The summed E-state index contributed by atoms with van der Waals surface area (Å²) < 4.78 is 5.23. The van der Waals surface area contributed by atoms with Crippen LogP contribution in [0.5, 0.6) is 0 Å². The molecule has 1 saturated carbocycles. The lowest BCUT2D eigenvalue weighted by Crippen LogP contribution is -2.20. The van der Waals surface area contributed by atoms with Crippen LogP contribution in [0.3, 0.4) is 0 Å². The Hall–Kier alpha value is -1.22.